The van der Waals surface area contributed by atoms with Gasteiger partial charge in [0.25, 0.3) is 0 Å². The highest BCUT2D eigenvalue weighted by Crippen LogP contribution is 2.46. The summed E-state index contributed by atoms with van der Waals surface area (Å²) < 4.78 is 2.19. The lowest BCUT2D eigenvalue weighted by atomic mass is 9.96. The van der Waals surface area contributed by atoms with Crippen LogP contribution in [0, 0.1) is 5.92 Å². The number of para-hydroxylation sites is 1. The molecule has 0 aliphatic heterocycles. The Balaban J connectivity index is 2.37. The minimum absolute atomic E-state index is 0.0973. The second kappa shape index (κ2) is 4.58. The molecule has 0 atom stereocenters. The van der Waals surface area contributed by atoms with E-state index in [9.17, 15) is 9.90 Å². The molecule has 0 spiro atoms. The molecule has 1 aliphatic carbocycles. The Morgan fingerprint density at radius 1 is 1.38 bits per heavy atom. The first-order valence-electron chi connectivity index (χ1n) is 7.59. The number of carboxylic acid groups (broad SMARTS) is 1. The van der Waals surface area contributed by atoms with Crippen molar-refractivity contribution in [3.63, 3.8) is 0 Å². The monoisotopic (exact) mass is 286 g/mol. The Hall–Kier alpha value is -1.84. The van der Waals surface area contributed by atoms with Gasteiger partial charge in [0.05, 0.1) is 16.6 Å². The Kier molecular flexibility index (Phi) is 3.08. The number of aromatic carboxylic acids is 1. The number of imidazole rings is 1. The molecule has 0 amide bonds. The quantitative estimate of drug-likeness (QED) is 0.924. The Morgan fingerprint density at radius 3 is 2.57 bits per heavy atom. The van der Waals surface area contributed by atoms with Gasteiger partial charge in [0.2, 0.25) is 0 Å². The van der Waals surface area contributed by atoms with Crippen LogP contribution in [0.15, 0.2) is 18.2 Å². The largest absolute Gasteiger partial charge is 0.478 e. The standard InChI is InChI=1S/C17H22N2O2/c1-10(2)15-18-13-7-5-6-12(16(20)21)14(13)19(15)17(3,4)11-8-9-11/h5-7,10-11H,8-9H2,1-4H3,(H,20,21). The van der Waals surface area contributed by atoms with E-state index in [1.165, 1.54) is 12.8 Å². The van der Waals surface area contributed by atoms with E-state index in [0.29, 0.717) is 11.5 Å². The molecular formula is C17H22N2O2. The summed E-state index contributed by atoms with van der Waals surface area (Å²) in [5, 5.41) is 9.53. The number of benzene rings is 1. The lowest BCUT2D eigenvalue weighted by Gasteiger charge is -2.31. The number of fused-ring (bicyclic) bond motifs is 1. The van der Waals surface area contributed by atoms with E-state index in [-0.39, 0.29) is 11.5 Å². The van der Waals surface area contributed by atoms with Crippen molar-refractivity contribution in [1.29, 1.82) is 0 Å². The number of hydrogen-bond acceptors (Lipinski definition) is 2. The summed E-state index contributed by atoms with van der Waals surface area (Å²) in [7, 11) is 0. The summed E-state index contributed by atoms with van der Waals surface area (Å²) >= 11 is 0. The average Bonchev–Trinajstić information content (AvgIpc) is 3.17. The highest BCUT2D eigenvalue weighted by molar-refractivity contribution is 6.01. The van der Waals surface area contributed by atoms with E-state index in [2.05, 4.69) is 32.3 Å². The minimum atomic E-state index is -0.886. The molecule has 0 radical (unpaired) electrons. The van der Waals surface area contributed by atoms with Gasteiger partial charge in [0, 0.05) is 11.5 Å². The number of carbonyl (C=O) groups is 1. The first-order valence-corrected chi connectivity index (χ1v) is 7.59. The van der Waals surface area contributed by atoms with Gasteiger partial charge in [-0.3, -0.25) is 0 Å². The van der Waals surface area contributed by atoms with Crippen LogP contribution in [0.2, 0.25) is 0 Å². The van der Waals surface area contributed by atoms with Crippen molar-refractivity contribution in [2.45, 2.75) is 52.0 Å². The fourth-order valence-electron chi connectivity index (χ4n) is 3.26. The third-order valence-electron chi connectivity index (χ3n) is 4.60. The van der Waals surface area contributed by atoms with E-state index in [1.807, 2.05) is 6.07 Å². The molecule has 0 saturated heterocycles. The van der Waals surface area contributed by atoms with Crippen molar-refractivity contribution >= 4 is 17.0 Å². The van der Waals surface area contributed by atoms with Gasteiger partial charge < -0.3 is 9.67 Å². The van der Waals surface area contributed by atoms with Crippen molar-refractivity contribution in [2.75, 3.05) is 0 Å². The first kappa shape index (κ1) is 14.1. The van der Waals surface area contributed by atoms with Crippen LogP contribution in [0.4, 0.5) is 0 Å². The summed E-state index contributed by atoms with van der Waals surface area (Å²) in [6, 6.07) is 5.36. The SMILES string of the molecule is CC(C)c1nc2cccc(C(=O)O)c2n1C(C)(C)C1CC1. The molecule has 1 fully saturated rings. The minimum Gasteiger partial charge on any atom is -0.478 e. The molecule has 0 unspecified atom stereocenters. The van der Waals surface area contributed by atoms with E-state index in [4.69, 9.17) is 4.98 Å². The molecule has 1 saturated carbocycles. The second-order valence-corrected chi connectivity index (χ2v) is 6.87. The molecule has 4 heteroatoms. The third kappa shape index (κ3) is 2.13. The fraction of sp³-hybridized carbons (Fsp3) is 0.529. The van der Waals surface area contributed by atoms with Crippen LogP contribution in [0.5, 0.6) is 0 Å². The van der Waals surface area contributed by atoms with Gasteiger partial charge >= 0.3 is 5.97 Å². The van der Waals surface area contributed by atoms with Crippen LogP contribution in [0.25, 0.3) is 11.0 Å². The number of rotatable bonds is 4. The van der Waals surface area contributed by atoms with Crippen LogP contribution < -0.4 is 0 Å². The molecule has 1 heterocycles. The van der Waals surface area contributed by atoms with Crippen molar-refractivity contribution in [3.8, 4) is 0 Å². The second-order valence-electron chi connectivity index (χ2n) is 6.87. The van der Waals surface area contributed by atoms with Gasteiger partial charge in [-0.25, -0.2) is 9.78 Å². The van der Waals surface area contributed by atoms with Crippen LogP contribution in [-0.4, -0.2) is 20.6 Å². The van der Waals surface area contributed by atoms with Crippen molar-refractivity contribution < 1.29 is 9.90 Å². The van der Waals surface area contributed by atoms with Crippen molar-refractivity contribution in [3.05, 3.63) is 29.6 Å². The lowest BCUT2D eigenvalue weighted by molar-refractivity contribution is 0.0698. The topological polar surface area (TPSA) is 55.1 Å². The molecule has 0 bridgehead atoms. The molecule has 1 aromatic heterocycles. The first-order chi connectivity index (χ1) is 9.84. The smallest absolute Gasteiger partial charge is 0.337 e. The predicted octanol–water partition coefficient (Wildman–Crippen LogP) is 4.00. The zero-order valence-electron chi connectivity index (χ0n) is 13.1. The summed E-state index contributed by atoms with van der Waals surface area (Å²) in [5.41, 5.74) is 1.80. The maximum absolute atomic E-state index is 11.6. The number of carboxylic acids is 1. The van der Waals surface area contributed by atoms with Gasteiger partial charge in [-0.15, -0.1) is 0 Å². The summed E-state index contributed by atoms with van der Waals surface area (Å²) in [5.74, 6) is 0.963. The molecule has 112 valence electrons. The molecule has 3 rings (SSSR count). The van der Waals surface area contributed by atoms with Gasteiger partial charge in [0.1, 0.15) is 5.82 Å². The summed E-state index contributed by atoms with van der Waals surface area (Å²) in [6.45, 7) is 8.63. The Labute approximate surface area is 124 Å². The average molecular weight is 286 g/mol. The maximum Gasteiger partial charge on any atom is 0.337 e. The lowest BCUT2D eigenvalue weighted by Crippen LogP contribution is -2.31. The number of aromatic nitrogens is 2. The van der Waals surface area contributed by atoms with Crippen LogP contribution in [0.1, 0.15) is 62.6 Å². The van der Waals surface area contributed by atoms with E-state index in [0.717, 1.165) is 16.9 Å². The molecule has 4 nitrogen and oxygen atoms in total. The number of nitrogens with zero attached hydrogens (tertiary/aromatic N) is 2. The molecular weight excluding hydrogens is 264 g/mol. The Morgan fingerprint density at radius 2 is 2.05 bits per heavy atom. The highest BCUT2D eigenvalue weighted by atomic mass is 16.4. The van der Waals surface area contributed by atoms with Gasteiger partial charge in [-0.05, 0) is 44.7 Å². The van der Waals surface area contributed by atoms with Gasteiger partial charge in [0.15, 0.2) is 0 Å². The molecule has 1 aromatic carbocycles. The summed E-state index contributed by atoms with van der Waals surface area (Å²) in [6.07, 6.45) is 2.42. The molecule has 1 N–H and O–H groups in total. The number of hydrogen-bond donors (Lipinski definition) is 1. The zero-order valence-corrected chi connectivity index (χ0v) is 13.1. The van der Waals surface area contributed by atoms with E-state index in [1.54, 1.807) is 12.1 Å². The van der Waals surface area contributed by atoms with Crippen molar-refractivity contribution in [2.24, 2.45) is 5.92 Å². The van der Waals surface area contributed by atoms with E-state index < -0.39 is 5.97 Å². The molecule has 1 aliphatic rings. The van der Waals surface area contributed by atoms with Gasteiger partial charge in [-0.2, -0.15) is 0 Å². The zero-order chi connectivity index (χ0) is 15.4. The van der Waals surface area contributed by atoms with Crippen LogP contribution in [-0.2, 0) is 5.54 Å². The predicted molar refractivity (Wildman–Crippen MR) is 82.8 cm³/mol. The maximum atomic E-state index is 11.6. The summed E-state index contributed by atoms with van der Waals surface area (Å²) in [4.78, 5) is 16.3. The van der Waals surface area contributed by atoms with E-state index >= 15 is 0 Å². The van der Waals surface area contributed by atoms with Gasteiger partial charge in [-0.1, -0.05) is 19.9 Å². The van der Waals surface area contributed by atoms with Crippen LogP contribution >= 0.6 is 0 Å². The normalized spacial score (nSPS) is 15.9. The fourth-order valence-corrected chi connectivity index (χ4v) is 3.26. The van der Waals surface area contributed by atoms with Crippen molar-refractivity contribution in [1.82, 2.24) is 9.55 Å². The molecule has 2 aromatic rings. The molecule has 21 heavy (non-hydrogen) atoms. The highest BCUT2D eigenvalue weighted by Gasteiger charge is 2.42. The third-order valence-corrected chi connectivity index (χ3v) is 4.60. The van der Waals surface area contributed by atoms with Crippen LogP contribution in [0.3, 0.4) is 0 Å². The Bertz CT molecular complexity index is 709.